The van der Waals surface area contributed by atoms with E-state index >= 15 is 0 Å². The highest BCUT2D eigenvalue weighted by Gasteiger charge is 2.24. The predicted molar refractivity (Wildman–Crippen MR) is 86.6 cm³/mol. The third-order valence-corrected chi connectivity index (χ3v) is 5.85. The summed E-state index contributed by atoms with van der Waals surface area (Å²) in [6.07, 6.45) is 4.58. The van der Waals surface area contributed by atoms with E-state index in [0.717, 1.165) is 16.4 Å². The van der Waals surface area contributed by atoms with Crippen LogP contribution in [-0.4, -0.2) is 16.8 Å². The second-order valence-corrected chi connectivity index (χ2v) is 7.25. The van der Waals surface area contributed by atoms with Gasteiger partial charge in [-0.15, -0.1) is 0 Å². The lowest BCUT2D eigenvalue weighted by Gasteiger charge is -2.28. The van der Waals surface area contributed by atoms with Gasteiger partial charge >= 0.3 is 0 Å². The summed E-state index contributed by atoms with van der Waals surface area (Å²) in [6.45, 7) is 0. The highest BCUT2D eigenvalue weighted by molar-refractivity contribution is 14.1. The number of halogens is 3. The molecule has 0 aromatic heterocycles. The third kappa shape index (κ3) is 3.61. The molecule has 0 radical (unpaired) electrons. The molecule has 2 unspecified atom stereocenters. The summed E-state index contributed by atoms with van der Waals surface area (Å²) in [6, 6.07) is 5.63. The van der Waals surface area contributed by atoms with Crippen LogP contribution in [0.25, 0.3) is 0 Å². The Labute approximate surface area is 134 Å². The molecule has 5 heteroatoms. The number of amides is 1. The standard InChI is InChI=1S/C13H14BrClINO/c14-9-3-1-2-4-12(9)17-13(18)8-5-6-11(16)10(15)7-8/h5-7,9,12H,1-4H2,(H,17,18). The molecule has 1 amide bonds. The van der Waals surface area contributed by atoms with Gasteiger partial charge in [0.1, 0.15) is 0 Å². The molecule has 2 nitrogen and oxygen atoms in total. The topological polar surface area (TPSA) is 29.1 Å². The van der Waals surface area contributed by atoms with Crippen LogP contribution < -0.4 is 5.32 Å². The Hall–Kier alpha value is 0.190. The molecule has 0 heterocycles. The number of nitrogens with one attached hydrogen (secondary N) is 1. The molecular formula is C13H14BrClINO. The van der Waals surface area contributed by atoms with Crippen LogP contribution in [0.3, 0.4) is 0 Å². The SMILES string of the molecule is O=C(NC1CCCCC1Br)c1ccc(I)c(Cl)c1. The first-order valence-electron chi connectivity index (χ1n) is 5.98. The first-order valence-corrected chi connectivity index (χ1v) is 8.35. The molecule has 1 fully saturated rings. The van der Waals surface area contributed by atoms with E-state index in [0.29, 0.717) is 15.4 Å². The second kappa shape index (κ2) is 6.57. The smallest absolute Gasteiger partial charge is 0.251 e. The van der Waals surface area contributed by atoms with Crippen molar-refractivity contribution in [3.05, 3.63) is 32.4 Å². The summed E-state index contributed by atoms with van der Waals surface area (Å²) < 4.78 is 0.960. The van der Waals surface area contributed by atoms with Crippen LogP contribution in [0.15, 0.2) is 18.2 Å². The van der Waals surface area contributed by atoms with Gasteiger partial charge in [-0.3, -0.25) is 4.79 Å². The first kappa shape index (κ1) is 14.6. The van der Waals surface area contributed by atoms with Crippen molar-refractivity contribution in [2.24, 2.45) is 0 Å². The molecule has 2 rings (SSSR count). The van der Waals surface area contributed by atoms with Gasteiger partial charge in [-0.1, -0.05) is 40.4 Å². The average Bonchev–Trinajstić information content (AvgIpc) is 2.35. The largest absolute Gasteiger partial charge is 0.348 e. The van der Waals surface area contributed by atoms with Crippen molar-refractivity contribution in [1.82, 2.24) is 5.32 Å². The summed E-state index contributed by atoms with van der Waals surface area (Å²) in [5.74, 6) is -0.0374. The predicted octanol–water partition coefficient (Wildman–Crippen LogP) is 4.38. The summed E-state index contributed by atoms with van der Waals surface area (Å²) in [5.41, 5.74) is 0.630. The molecule has 98 valence electrons. The van der Waals surface area contributed by atoms with Gasteiger partial charge < -0.3 is 5.32 Å². The molecule has 1 aliphatic rings. The van der Waals surface area contributed by atoms with E-state index in [1.807, 2.05) is 12.1 Å². The van der Waals surface area contributed by atoms with Gasteiger partial charge in [0.25, 0.3) is 5.91 Å². The maximum atomic E-state index is 12.1. The maximum absolute atomic E-state index is 12.1. The Morgan fingerprint density at radius 1 is 1.39 bits per heavy atom. The van der Waals surface area contributed by atoms with Gasteiger partial charge in [-0.05, 0) is 53.6 Å². The normalized spacial score (nSPS) is 23.7. The minimum Gasteiger partial charge on any atom is -0.348 e. The molecule has 0 aliphatic heterocycles. The number of carbonyl (C=O) groups excluding carboxylic acids is 1. The lowest BCUT2D eigenvalue weighted by Crippen LogP contribution is -2.42. The zero-order valence-electron chi connectivity index (χ0n) is 9.76. The minimum absolute atomic E-state index is 0.0374. The van der Waals surface area contributed by atoms with E-state index < -0.39 is 0 Å². The van der Waals surface area contributed by atoms with E-state index in [-0.39, 0.29) is 11.9 Å². The minimum atomic E-state index is -0.0374. The molecule has 1 aromatic carbocycles. The summed E-state index contributed by atoms with van der Waals surface area (Å²) in [5, 5.41) is 3.71. The fourth-order valence-corrected chi connectivity index (χ4v) is 3.37. The number of rotatable bonds is 2. The number of alkyl halides is 1. The maximum Gasteiger partial charge on any atom is 0.251 e. The number of hydrogen-bond acceptors (Lipinski definition) is 1. The third-order valence-electron chi connectivity index (χ3n) is 3.18. The lowest BCUT2D eigenvalue weighted by atomic mass is 9.95. The molecule has 18 heavy (non-hydrogen) atoms. The fourth-order valence-electron chi connectivity index (χ4n) is 2.14. The van der Waals surface area contributed by atoms with E-state index in [4.69, 9.17) is 11.6 Å². The van der Waals surface area contributed by atoms with E-state index in [1.165, 1.54) is 12.8 Å². The molecule has 1 N–H and O–H groups in total. The van der Waals surface area contributed by atoms with Crippen molar-refractivity contribution in [3.8, 4) is 0 Å². The molecule has 0 saturated heterocycles. The van der Waals surface area contributed by atoms with Crippen LogP contribution in [0.5, 0.6) is 0 Å². The monoisotopic (exact) mass is 441 g/mol. The van der Waals surface area contributed by atoms with Crippen LogP contribution in [0, 0.1) is 3.57 Å². The van der Waals surface area contributed by atoms with Crippen LogP contribution in [-0.2, 0) is 0 Å². The van der Waals surface area contributed by atoms with Crippen molar-refractivity contribution < 1.29 is 4.79 Å². The average molecular weight is 443 g/mol. The molecule has 0 bridgehead atoms. The Kier molecular flexibility index (Phi) is 5.33. The van der Waals surface area contributed by atoms with Gasteiger partial charge in [-0.2, -0.15) is 0 Å². The van der Waals surface area contributed by atoms with Gasteiger partial charge in [0.05, 0.1) is 5.02 Å². The molecule has 1 aliphatic carbocycles. The number of benzene rings is 1. The van der Waals surface area contributed by atoms with Gasteiger partial charge in [0, 0.05) is 20.0 Å². The Balaban J connectivity index is 2.04. The zero-order valence-corrected chi connectivity index (χ0v) is 14.3. The molecule has 2 atom stereocenters. The van der Waals surface area contributed by atoms with Crippen LogP contribution in [0.2, 0.25) is 5.02 Å². The Morgan fingerprint density at radius 2 is 2.11 bits per heavy atom. The van der Waals surface area contributed by atoms with Crippen LogP contribution in [0.1, 0.15) is 36.0 Å². The van der Waals surface area contributed by atoms with Crippen molar-refractivity contribution in [2.45, 2.75) is 36.6 Å². The Morgan fingerprint density at radius 3 is 2.78 bits per heavy atom. The van der Waals surface area contributed by atoms with Gasteiger partial charge in [-0.25, -0.2) is 0 Å². The van der Waals surface area contributed by atoms with Crippen molar-refractivity contribution in [2.75, 3.05) is 0 Å². The lowest BCUT2D eigenvalue weighted by molar-refractivity contribution is 0.0930. The molecule has 0 spiro atoms. The summed E-state index contributed by atoms with van der Waals surface area (Å²) in [4.78, 5) is 12.5. The van der Waals surface area contributed by atoms with Crippen molar-refractivity contribution in [1.29, 1.82) is 0 Å². The summed E-state index contributed by atoms with van der Waals surface area (Å²) >= 11 is 11.8. The molecular weight excluding hydrogens is 428 g/mol. The summed E-state index contributed by atoms with van der Waals surface area (Å²) in [7, 11) is 0. The zero-order chi connectivity index (χ0) is 13.1. The highest BCUT2D eigenvalue weighted by atomic mass is 127. The van der Waals surface area contributed by atoms with E-state index in [2.05, 4.69) is 43.8 Å². The van der Waals surface area contributed by atoms with Gasteiger partial charge in [0.15, 0.2) is 0 Å². The van der Waals surface area contributed by atoms with E-state index in [1.54, 1.807) is 6.07 Å². The van der Waals surface area contributed by atoms with Crippen LogP contribution in [0.4, 0.5) is 0 Å². The second-order valence-electron chi connectivity index (χ2n) is 4.51. The Bertz CT molecular complexity index is 455. The first-order chi connectivity index (χ1) is 8.58. The quantitative estimate of drug-likeness (QED) is 0.535. The van der Waals surface area contributed by atoms with E-state index in [9.17, 15) is 4.79 Å². The van der Waals surface area contributed by atoms with Crippen LogP contribution >= 0.6 is 50.1 Å². The number of hydrogen-bond donors (Lipinski definition) is 1. The van der Waals surface area contributed by atoms with Crippen molar-refractivity contribution in [3.63, 3.8) is 0 Å². The fraction of sp³-hybridized carbons (Fsp3) is 0.462. The molecule has 1 aromatic rings. The highest BCUT2D eigenvalue weighted by Crippen LogP contribution is 2.25. The molecule has 1 saturated carbocycles. The van der Waals surface area contributed by atoms with Crippen molar-refractivity contribution >= 4 is 56.0 Å². The number of carbonyl (C=O) groups is 1. The van der Waals surface area contributed by atoms with Gasteiger partial charge in [0.2, 0.25) is 0 Å².